The number of benzene rings is 2. The molecule has 2 rings (SSSR count). The van der Waals surface area contributed by atoms with Gasteiger partial charge in [-0.05, 0) is 44.0 Å². The Balaban J connectivity index is 2.30. The molecule has 0 aliphatic heterocycles. The molecule has 2 N–H and O–H groups in total. The van der Waals surface area contributed by atoms with Gasteiger partial charge in [0, 0.05) is 11.8 Å². The molecular weight excluding hydrogens is 266 g/mol. The first-order chi connectivity index (χ1) is 9.92. The quantitative estimate of drug-likeness (QED) is 0.906. The minimum absolute atomic E-state index is 0.103. The monoisotopic (exact) mass is 285 g/mol. The lowest BCUT2D eigenvalue weighted by molar-refractivity contribution is 0.102. The van der Waals surface area contributed by atoms with E-state index in [1.807, 2.05) is 32.9 Å². The third-order valence-electron chi connectivity index (χ3n) is 3.37. The number of ether oxygens (including phenoxy) is 1. The van der Waals surface area contributed by atoms with E-state index in [1.54, 1.807) is 12.1 Å². The van der Waals surface area contributed by atoms with E-state index in [1.165, 1.54) is 13.2 Å². The molecule has 21 heavy (non-hydrogen) atoms. The Morgan fingerprint density at radius 2 is 1.71 bits per heavy atom. The van der Waals surface area contributed by atoms with Crippen LogP contribution in [-0.4, -0.2) is 18.1 Å². The predicted octanol–water partition coefficient (Wildman–Crippen LogP) is 3.58. The Morgan fingerprint density at radius 3 is 2.24 bits per heavy atom. The van der Waals surface area contributed by atoms with Gasteiger partial charge < -0.3 is 15.2 Å². The number of aromatic hydroxyl groups is 1. The summed E-state index contributed by atoms with van der Waals surface area (Å²) in [5, 5.41) is 12.8. The second kappa shape index (κ2) is 5.87. The third kappa shape index (κ3) is 3.16. The molecule has 0 aliphatic carbocycles. The smallest absolute Gasteiger partial charge is 0.259 e. The van der Waals surface area contributed by atoms with E-state index >= 15 is 0 Å². The number of rotatable bonds is 3. The van der Waals surface area contributed by atoms with Crippen molar-refractivity contribution >= 4 is 11.6 Å². The highest BCUT2D eigenvalue weighted by Gasteiger charge is 2.14. The van der Waals surface area contributed by atoms with E-state index in [0.29, 0.717) is 5.75 Å². The van der Waals surface area contributed by atoms with Crippen LogP contribution in [-0.2, 0) is 0 Å². The van der Waals surface area contributed by atoms with Crippen molar-refractivity contribution < 1.29 is 14.6 Å². The van der Waals surface area contributed by atoms with E-state index in [9.17, 15) is 9.90 Å². The normalized spacial score (nSPS) is 10.3. The highest BCUT2D eigenvalue weighted by molar-refractivity contribution is 6.07. The number of carbonyl (C=O) groups excluding carboxylic acids is 1. The fourth-order valence-corrected chi connectivity index (χ4v) is 2.39. The Hall–Kier alpha value is -2.49. The van der Waals surface area contributed by atoms with Gasteiger partial charge in [-0.25, -0.2) is 0 Å². The topological polar surface area (TPSA) is 58.6 Å². The first-order valence-electron chi connectivity index (χ1n) is 6.68. The number of aryl methyl sites for hydroxylation is 3. The highest BCUT2D eigenvalue weighted by Crippen LogP contribution is 2.26. The number of amides is 1. The minimum Gasteiger partial charge on any atom is -0.507 e. The number of hydrogen-bond donors (Lipinski definition) is 2. The molecule has 110 valence electrons. The lowest BCUT2D eigenvalue weighted by atomic mass is 10.0. The van der Waals surface area contributed by atoms with E-state index in [0.717, 1.165) is 22.4 Å². The van der Waals surface area contributed by atoms with Crippen molar-refractivity contribution in [1.29, 1.82) is 0 Å². The second-order valence-electron chi connectivity index (χ2n) is 5.11. The van der Waals surface area contributed by atoms with Crippen molar-refractivity contribution in [3.8, 4) is 11.5 Å². The largest absolute Gasteiger partial charge is 0.507 e. The maximum absolute atomic E-state index is 12.3. The fraction of sp³-hybridized carbons (Fsp3) is 0.235. The maximum Gasteiger partial charge on any atom is 0.259 e. The summed E-state index contributed by atoms with van der Waals surface area (Å²) in [6.07, 6.45) is 0. The minimum atomic E-state index is -0.342. The first-order valence-corrected chi connectivity index (χ1v) is 6.68. The molecule has 0 heterocycles. The van der Waals surface area contributed by atoms with Crippen LogP contribution >= 0.6 is 0 Å². The molecule has 0 saturated heterocycles. The average molecular weight is 285 g/mol. The maximum atomic E-state index is 12.3. The molecule has 4 nitrogen and oxygen atoms in total. The van der Waals surface area contributed by atoms with Crippen molar-refractivity contribution in [1.82, 2.24) is 0 Å². The van der Waals surface area contributed by atoms with Crippen LogP contribution in [0.2, 0.25) is 0 Å². The Labute approximate surface area is 124 Å². The van der Waals surface area contributed by atoms with Crippen LogP contribution in [0, 0.1) is 20.8 Å². The number of nitrogens with one attached hydrogen (secondary N) is 1. The van der Waals surface area contributed by atoms with Gasteiger partial charge in [-0.2, -0.15) is 0 Å². The number of phenolic OH excluding ortho intramolecular Hbond substituents is 1. The number of carbonyl (C=O) groups is 1. The van der Waals surface area contributed by atoms with Gasteiger partial charge in [0.05, 0.1) is 12.7 Å². The third-order valence-corrected chi connectivity index (χ3v) is 3.37. The zero-order valence-corrected chi connectivity index (χ0v) is 12.7. The zero-order chi connectivity index (χ0) is 15.6. The van der Waals surface area contributed by atoms with E-state index in [2.05, 4.69) is 5.32 Å². The van der Waals surface area contributed by atoms with E-state index < -0.39 is 0 Å². The highest BCUT2D eigenvalue weighted by atomic mass is 16.5. The van der Waals surface area contributed by atoms with E-state index in [-0.39, 0.29) is 17.2 Å². The Kier molecular flexibility index (Phi) is 4.17. The molecule has 0 bridgehead atoms. The number of methoxy groups -OCH3 is 1. The molecule has 0 aromatic heterocycles. The molecule has 0 unspecified atom stereocenters. The second-order valence-corrected chi connectivity index (χ2v) is 5.11. The van der Waals surface area contributed by atoms with Crippen LogP contribution in [0.1, 0.15) is 27.0 Å². The van der Waals surface area contributed by atoms with Crippen LogP contribution in [0.3, 0.4) is 0 Å². The van der Waals surface area contributed by atoms with Crippen molar-refractivity contribution in [3.63, 3.8) is 0 Å². The Bertz CT molecular complexity index is 669. The number of phenols is 1. The van der Waals surface area contributed by atoms with Crippen LogP contribution in [0.15, 0.2) is 30.3 Å². The summed E-state index contributed by atoms with van der Waals surface area (Å²) in [6.45, 7) is 5.91. The molecular formula is C17H19NO3. The summed E-state index contributed by atoms with van der Waals surface area (Å²) < 4.78 is 5.01. The van der Waals surface area contributed by atoms with Gasteiger partial charge in [-0.3, -0.25) is 4.79 Å². The molecule has 0 spiro atoms. The standard InChI is InChI=1S/C17H19NO3/c1-10-7-11(2)16(12(3)8-10)18-17(20)14-6-5-13(21-4)9-15(14)19/h5-9,19H,1-4H3,(H,18,20). The van der Waals surface area contributed by atoms with Gasteiger partial charge in [0.2, 0.25) is 0 Å². The number of anilines is 1. The molecule has 0 radical (unpaired) electrons. The molecule has 0 saturated carbocycles. The lowest BCUT2D eigenvalue weighted by Gasteiger charge is -2.13. The zero-order valence-electron chi connectivity index (χ0n) is 12.7. The summed E-state index contributed by atoms with van der Waals surface area (Å²) in [6, 6.07) is 8.63. The summed E-state index contributed by atoms with van der Waals surface area (Å²) in [4.78, 5) is 12.3. The molecule has 2 aromatic rings. The fourth-order valence-electron chi connectivity index (χ4n) is 2.39. The van der Waals surface area contributed by atoms with Crippen molar-refractivity contribution in [2.24, 2.45) is 0 Å². The average Bonchev–Trinajstić information content (AvgIpc) is 2.42. The summed E-state index contributed by atoms with van der Waals surface area (Å²) in [7, 11) is 1.51. The van der Waals surface area contributed by atoms with Gasteiger partial charge in [0.1, 0.15) is 11.5 Å². The molecule has 0 aliphatic rings. The molecule has 0 atom stereocenters. The predicted molar refractivity (Wildman–Crippen MR) is 83.3 cm³/mol. The van der Waals surface area contributed by atoms with Crippen LogP contribution in [0.4, 0.5) is 5.69 Å². The van der Waals surface area contributed by atoms with Crippen LogP contribution < -0.4 is 10.1 Å². The van der Waals surface area contributed by atoms with E-state index in [4.69, 9.17) is 4.74 Å². The van der Waals surface area contributed by atoms with Crippen LogP contribution in [0.5, 0.6) is 11.5 Å². The van der Waals surface area contributed by atoms with Gasteiger partial charge in [0.15, 0.2) is 0 Å². The summed E-state index contributed by atoms with van der Waals surface area (Å²) >= 11 is 0. The van der Waals surface area contributed by atoms with Crippen molar-refractivity contribution in [2.75, 3.05) is 12.4 Å². The molecule has 4 heteroatoms. The van der Waals surface area contributed by atoms with Gasteiger partial charge in [-0.1, -0.05) is 17.7 Å². The van der Waals surface area contributed by atoms with Crippen molar-refractivity contribution in [2.45, 2.75) is 20.8 Å². The lowest BCUT2D eigenvalue weighted by Crippen LogP contribution is -2.14. The molecule has 2 aromatic carbocycles. The number of hydrogen-bond acceptors (Lipinski definition) is 3. The first kappa shape index (κ1) is 14.9. The molecule has 0 fully saturated rings. The summed E-state index contributed by atoms with van der Waals surface area (Å²) in [5.74, 6) is 0.0613. The van der Waals surface area contributed by atoms with Crippen LogP contribution in [0.25, 0.3) is 0 Å². The van der Waals surface area contributed by atoms with Crippen molar-refractivity contribution in [3.05, 3.63) is 52.6 Å². The van der Waals surface area contributed by atoms with Gasteiger partial charge in [0.25, 0.3) is 5.91 Å². The summed E-state index contributed by atoms with van der Waals surface area (Å²) in [5.41, 5.74) is 4.13. The Morgan fingerprint density at radius 1 is 1.10 bits per heavy atom. The van der Waals surface area contributed by atoms with Gasteiger partial charge >= 0.3 is 0 Å². The van der Waals surface area contributed by atoms with Gasteiger partial charge in [-0.15, -0.1) is 0 Å². The molecule has 1 amide bonds. The SMILES string of the molecule is COc1ccc(C(=O)Nc2c(C)cc(C)cc2C)c(O)c1.